The number of carbonyl (C=O) groups is 1. The topological polar surface area (TPSA) is 29.5 Å². The number of hydrogen-bond donors (Lipinski definition) is 0. The lowest BCUT2D eigenvalue weighted by molar-refractivity contribution is -0.144. The molecule has 1 heterocycles. The molecule has 0 bridgehead atoms. The van der Waals surface area contributed by atoms with Crippen LogP contribution in [-0.4, -0.2) is 37.6 Å². The number of nitrogens with zero attached hydrogens (tertiary/aromatic N) is 1. The first kappa shape index (κ1) is 17.7. The van der Waals surface area contributed by atoms with Gasteiger partial charge in [0.05, 0.1) is 6.61 Å². The Kier molecular flexibility index (Phi) is 6.24. The zero-order valence-corrected chi connectivity index (χ0v) is 14.9. The lowest BCUT2D eigenvalue weighted by Gasteiger charge is -2.28. The normalized spacial score (nSPS) is 16.1. The minimum atomic E-state index is -0.347. The van der Waals surface area contributed by atoms with Crippen molar-refractivity contribution in [3.63, 3.8) is 0 Å². The number of ether oxygens (including phenoxy) is 1. The Balaban J connectivity index is 1.62. The molecule has 3 nitrogen and oxygen atoms in total. The average molecular weight is 337 g/mol. The standard InChI is InChI=1S/C22H27NO2/c1-23-15-12-18(13-16-23)14-17-25-22(24)21(19-8-4-2-5-9-19)20-10-6-3-7-11-20/h2-11,18,21H,12-17H2,1H3. The Morgan fingerprint density at radius 3 is 2.04 bits per heavy atom. The summed E-state index contributed by atoms with van der Waals surface area (Å²) in [4.78, 5) is 15.2. The lowest BCUT2D eigenvalue weighted by Crippen LogP contribution is -2.30. The molecule has 0 aromatic heterocycles. The second-order valence-corrected chi connectivity index (χ2v) is 6.96. The highest BCUT2D eigenvalue weighted by Gasteiger charge is 2.24. The second-order valence-electron chi connectivity index (χ2n) is 6.96. The Morgan fingerprint density at radius 2 is 1.52 bits per heavy atom. The molecule has 0 amide bonds. The van der Waals surface area contributed by atoms with Gasteiger partial charge in [0, 0.05) is 0 Å². The number of hydrogen-bond acceptors (Lipinski definition) is 3. The van der Waals surface area contributed by atoms with Crippen molar-refractivity contribution in [3.8, 4) is 0 Å². The van der Waals surface area contributed by atoms with E-state index in [-0.39, 0.29) is 11.9 Å². The molecule has 1 fully saturated rings. The van der Waals surface area contributed by atoms with Crippen LogP contribution in [0.15, 0.2) is 60.7 Å². The first-order valence-corrected chi connectivity index (χ1v) is 9.19. The first-order chi connectivity index (χ1) is 12.2. The maximum absolute atomic E-state index is 12.8. The SMILES string of the molecule is CN1CCC(CCOC(=O)C(c2ccccc2)c2ccccc2)CC1. The van der Waals surface area contributed by atoms with E-state index in [0.29, 0.717) is 12.5 Å². The molecule has 132 valence electrons. The van der Waals surface area contributed by atoms with Crippen LogP contribution in [0.1, 0.15) is 36.3 Å². The van der Waals surface area contributed by atoms with Crippen LogP contribution < -0.4 is 0 Å². The minimum absolute atomic E-state index is 0.148. The number of piperidine rings is 1. The number of likely N-dealkylation sites (tertiary alicyclic amines) is 1. The molecular formula is C22H27NO2. The Hall–Kier alpha value is -2.13. The molecule has 0 atom stereocenters. The van der Waals surface area contributed by atoms with Crippen LogP contribution >= 0.6 is 0 Å². The number of rotatable bonds is 6. The summed E-state index contributed by atoms with van der Waals surface area (Å²) in [6, 6.07) is 19.8. The quantitative estimate of drug-likeness (QED) is 0.744. The highest BCUT2D eigenvalue weighted by molar-refractivity contribution is 5.82. The highest BCUT2D eigenvalue weighted by Crippen LogP contribution is 2.26. The van der Waals surface area contributed by atoms with Crippen molar-refractivity contribution < 1.29 is 9.53 Å². The first-order valence-electron chi connectivity index (χ1n) is 9.19. The molecule has 0 saturated carbocycles. The summed E-state index contributed by atoms with van der Waals surface area (Å²) < 4.78 is 5.69. The van der Waals surface area contributed by atoms with Crippen molar-refractivity contribution in [2.24, 2.45) is 5.92 Å². The van der Waals surface area contributed by atoms with Gasteiger partial charge in [0.1, 0.15) is 5.92 Å². The summed E-state index contributed by atoms with van der Waals surface area (Å²) in [5, 5.41) is 0. The van der Waals surface area contributed by atoms with E-state index in [1.54, 1.807) is 0 Å². The molecule has 25 heavy (non-hydrogen) atoms. The van der Waals surface area contributed by atoms with E-state index in [1.807, 2.05) is 60.7 Å². The third-order valence-electron chi connectivity index (χ3n) is 5.11. The van der Waals surface area contributed by atoms with Crippen molar-refractivity contribution in [1.29, 1.82) is 0 Å². The number of esters is 1. The van der Waals surface area contributed by atoms with Gasteiger partial charge in [-0.3, -0.25) is 4.79 Å². The van der Waals surface area contributed by atoms with Crippen molar-refractivity contribution in [2.45, 2.75) is 25.2 Å². The molecule has 0 radical (unpaired) electrons. The molecular weight excluding hydrogens is 310 g/mol. The second kappa shape index (κ2) is 8.82. The number of carbonyl (C=O) groups excluding carboxylic acids is 1. The van der Waals surface area contributed by atoms with Crippen molar-refractivity contribution in [3.05, 3.63) is 71.8 Å². The predicted molar refractivity (Wildman–Crippen MR) is 101 cm³/mol. The summed E-state index contributed by atoms with van der Waals surface area (Å²) in [6.07, 6.45) is 3.37. The summed E-state index contributed by atoms with van der Waals surface area (Å²) in [5.41, 5.74) is 1.97. The molecule has 2 aromatic rings. The molecule has 1 aliphatic heterocycles. The molecule has 1 saturated heterocycles. The monoisotopic (exact) mass is 337 g/mol. The van der Waals surface area contributed by atoms with Crippen molar-refractivity contribution in [2.75, 3.05) is 26.7 Å². The van der Waals surface area contributed by atoms with Crippen LogP contribution in [0.2, 0.25) is 0 Å². The van der Waals surface area contributed by atoms with Gasteiger partial charge in [-0.25, -0.2) is 0 Å². The van der Waals surface area contributed by atoms with E-state index in [2.05, 4.69) is 11.9 Å². The zero-order chi connectivity index (χ0) is 17.5. The summed E-state index contributed by atoms with van der Waals surface area (Å²) in [5.74, 6) is 0.182. The third-order valence-corrected chi connectivity index (χ3v) is 5.11. The van der Waals surface area contributed by atoms with Gasteiger partial charge in [-0.05, 0) is 56.4 Å². The number of benzene rings is 2. The van der Waals surface area contributed by atoms with Gasteiger partial charge in [-0.2, -0.15) is 0 Å². The molecule has 1 aliphatic rings. The fourth-order valence-electron chi connectivity index (χ4n) is 3.52. The fourth-order valence-corrected chi connectivity index (χ4v) is 3.52. The van der Waals surface area contributed by atoms with E-state index in [0.717, 1.165) is 30.6 Å². The summed E-state index contributed by atoms with van der Waals surface area (Å²) >= 11 is 0. The Bertz CT molecular complexity index is 609. The van der Waals surface area contributed by atoms with Crippen LogP contribution in [0.25, 0.3) is 0 Å². The maximum atomic E-state index is 12.8. The molecule has 3 heteroatoms. The maximum Gasteiger partial charge on any atom is 0.317 e. The van der Waals surface area contributed by atoms with Crippen molar-refractivity contribution >= 4 is 5.97 Å². The van der Waals surface area contributed by atoms with E-state index in [4.69, 9.17) is 4.74 Å². The largest absolute Gasteiger partial charge is 0.465 e. The van der Waals surface area contributed by atoms with E-state index >= 15 is 0 Å². The summed E-state index contributed by atoms with van der Waals surface area (Å²) in [7, 11) is 2.17. The van der Waals surface area contributed by atoms with Gasteiger partial charge in [0.2, 0.25) is 0 Å². The van der Waals surface area contributed by atoms with Crippen LogP contribution in [0.3, 0.4) is 0 Å². The van der Waals surface area contributed by atoms with Gasteiger partial charge in [0.15, 0.2) is 0 Å². The van der Waals surface area contributed by atoms with Crippen LogP contribution in [-0.2, 0) is 9.53 Å². The van der Waals surface area contributed by atoms with Crippen LogP contribution in [0.5, 0.6) is 0 Å². The van der Waals surface area contributed by atoms with Gasteiger partial charge < -0.3 is 9.64 Å². The van der Waals surface area contributed by atoms with E-state index in [9.17, 15) is 4.79 Å². The lowest BCUT2D eigenvalue weighted by atomic mass is 9.91. The third kappa shape index (κ3) is 4.93. The zero-order valence-electron chi connectivity index (χ0n) is 14.9. The minimum Gasteiger partial charge on any atom is -0.465 e. The van der Waals surface area contributed by atoms with Gasteiger partial charge >= 0.3 is 5.97 Å². The van der Waals surface area contributed by atoms with E-state index < -0.39 is 0 Å². The predicted octanol–water partition coefficient (Wildman–Crippen LogP) is 4.09. The highest BCUT2D eigenvalue weighted by atomic mass is 16.5. The van der Waals surface area contributed by atoms with Gasteiger partial charge in [-0.15, -0.1) is 0 Å². The molecule has 0 unspecified atom stereocenters. The van der Waals surface area contributed by atoms with Gasteiger partial charge in [-0.1, -0.05) is 60.7 Å². The van der Waals surface area contributed by atoms with E-state index in [1.165, 1.54) is 12.8 Å². The summed E-state index contributed by atoms with van der Waals surface area (Å²) in [6.45, 7) is 2.81. The van der Waals surface area contributed by atoms with Crippen LogP contribution in [0.4, 0.5) is 0 Å². The van der Waals surface area contributed by atoms with Gasteiger partial charge in [0.25, 0.3) is 0 Å². The van der Waals surface area contributed by atoms with Crippen molar-refractivity contribution in [1.82, 2.24) is 4.90 Å². The Morgan fingerprint density at radius 1 is 1.00 bits per heavy atom. The van der Waals surface area contributed by atoms with Crippen LogP contribution in [0, 0.1) is 5.92 Å². The smallest absolute Gasteiger partial charge is 0.317 e. The molecule has 0 N–H and O–H groups in total. The molecule has 0 spiro atoms. The Labute approximate surface area is 150 Å². The molecule has 0 aliphatic carbocycles. The molecule has 3 rings (SSSR count). The average Bonchev–Trinajstić information content (AvgIpc) is 2.65. The molecule has 2 aromatic carbocycles. The fraction of sp³-hybridized carbons (Fsp3) is 0.409.